The second kappa shape index (κ2) is 6.35. The number of hydrogen-bond donors (Lipinski definition) is 2. The minimum Gasteiger partial charge on any atom is -0.494 e. The van der Waals surface area contributed by atoms with Crippen molar-refractivity contribution in [1.82, 2.24) is 10.3 Å². The summed E-state index contributed by atoms with van der Waals surface area (Å²) in [5.74, 6) is 0.149. The van der Waals surface area contributed by atoms with Gasteiger partial charge in [0.15, 0.2) is 0 Å². The van der Waals surface area contributed by atoms with E-state index in [0.717, 1.165) is 6.42 Å². The molecule has 0 aliphatic carbocycles. The lowest BCUT2D eigenvalue weighted by Gasteiger charge is -2.23. The lowest BCUT2D eigenvalue weighted by Crippen LogP contribution is -2.40. The van der Waals surface area contributed by atoms with E-state index in [4.69, 9.17) is 4.74 Å². The molecule has 0 aliphatic rings. The highest BCUT2D eigenvalue weighted by Gasteiger charge is 2.21. The van der Waals surface area contributed by atoms with Crippen LogP contribution in [0.15, 0.2) is 18.5 Å². The van der Waals surface area contributed by atoms with Crippen LogP contribution in [-0.2, 0) is 0 Å². The van der Waals surface area contributed by atoms with Crippen molar-refractivity contribution >= 4 is 5.91 Å². The fourth-order valence-corrected chi connectivity index (χ4v) is 1.72. The molecule has 0 spiro atoms. The van der Waals surface area contributed by atoms with Gasteiger partial charge in [-0.3, -0.25) is 9.78 Å². The topological polar surface area (TPSA) is 71.5 Å². The van der Waals surface area contributed by atoms with Crippen LogP contribution in [-0.4, -0.2) is 35.3 Å². The number of rotatable bonds is 6. The number of carbonyl (C=O) groups is 1. The third-order valence-corrected chi connectivity index (χ3v) is 2.67. The number of methoxy groups -OCH3 is 1. The van der Waals surface area contributed by atoms with Crippen molar-refractivity contribution in [2.24, 2.45) is 0 Å². The van der Waals surface area contributed by atoms with Gasteiger partial charge in [-0.05, 0) is 19.4 Å². The molecule has 1 rings (SSSR count). The Bertz CT molecular complexity index is 405. The van der Waals surface area contributed by atoms with E-state index in [1.807, 2.05) is 6.92 Å². The highest BCUT2D eigenvalue weighted by Crippen LogP contribution is 2.16. The first-order valence-corrected chi connectivity index (χ1v) is 5.98. The fourth-order valence-electron chi connectivity index (χ4n) is 1.72. The van der Waals surface area contributed by atoms with Crippen molar-refractivity contribution in [2.45, 2.75) is 32.3 Å². The summed E-state index contributed by atoms with van der Waals surface area (Å²) in [6.45, 7) is 3.91. The molecule has 1 unspecified atom stereocenters. The number of pyridine rings is 1. The van der Waals surface area contributed by atoms with Crippen LogP contribution < -0.4 is 10.1 Å². The van der Waals surface area contributed by atoms with Crippen molar-refractivity contribution in [3.8, 4) is 5.75 Å². The number of hydrogen-bond acceptors (Lipinski definition) is 4. The van der Waals surface area contributed by atoms with E-state index >= 15 is 0 Å². The van der Waals surface area contributed by atoms with E-state index in [2.05, 4.69) is 10.3 Å². The summed E-state index contributed by atoms with van der Waals surface area (Å²) in [4.78, 5) is 15.8. The molecular weight excluding hydrogens is 232 g/mol. The first-order valence-electron chi connectivity index (χ1n) is 5.98. The maximum absolute atomic E-state index is 11.9. The standard InChI is InChI=1S/C13H20N2O3/c1-4-6-13(2,17)9-15-12(16)10-5-7-14-8-11(10)18-3/h5,7-8,17H,4,6,9H2,1-3H3,(H,15,16). The molecule has 0 bridgehead atoms. The Morgan fingerprint density at radius 1 is 1.61 bits per heavy atom. The summed E-state index contributed by atoms with van der Waals surface area (Å²) in [5, 5.41) is 12.7. The van der Waals surface area contributed by atoms with Gasteiger partial charge in [-0.15, -0.1) is 0 Å². The summed E-state index contributed by atoms with van der Waals surface area (Å²) in [7, 11) is 1.49. The van der Waals surface area contributed by atoms with Gasteiger partial charge in [0.05, 0.1) is 24.5 Å². The van der Waals surface area contributed by atoms with Crippen molar-refractivity contribution in [3.63, 3.8) is 0 Å². The van der Waals surface area contributed by atoms with Gasteiger partial charge in [0.25, 0.3) is 5.91 Å². The molecule has 0 saturated heterocycles. The average Bonchev–Trinajstić information content (AvgIpc) is 2.36. The second-order valence-corrected chi connectivity index (χ2v) is 4.51. The Hall–Kier alpha value is -1.62. The molecule has 0 fully saturated rings. The number of carbonyl (C=O) groups excluding carboxylic acids is 1. The van der Waals surface area contributed by atoms with Crippen molar-refractivity contribution < 1.29 is 14.6 Å². The van der Waals surface area contributed by atoms with Crippen molar-refractivity contribution in [1.29, 1.82) is 0 Å². The maximum Gasteiger partial charge on any atom is 0.255 e. The Balaban J connectivity index is 2.66. The van der Waals surface area contributed by atoms with Crippen LogP contribution in [0.2, 0.25) is 0 Å². The molecule has 5 heteroatoms. The Labute approximate surface area is 107 Å². The number of amides is 1. The largest absolute Gasteiger partial charge is 0.494 e. The minimum atomic E-state index is -0.884. The molecule has 1 atom stereocenters. The molecular formula is C13H20N2O3. The number of aromatic nitrogens is 1. The van der Waals surface area contributed by atoms with Gasteiger partial charge in [-0.1, -0.05) is 13.3 Å². The predicted molar refractivity (Wildman–Crippen MR) is 68.7 cm³/mol. The molecule has 0 saturated carbocycles. The van der Waals surface area contributed by atoms with Crippen molar-refractivity contribution in [3.05, 3.63) is 24.0 Å². The van der Waals surface area contributed by atoms with E-state index in [-0.39, 0.29) is 12.5 Å². The molecule has 18 heavy (non-hydrogen) atoms. The first kappa shape index (κ1) is 14.4. The molecule has 0 aliphatic heterocycles. The van der Waals surface area contributed by atoms with Crippen LogP contribution >= 0.6 is 0 Å². The molecule has 1 aromatic rings. The summed E-state index contributed by atoms with van der Waals surface area (Å²) in [6.07, 6.45) is 4.52. The average molecular weight is 252 g/mol. The first-order chi connectivity index (χ1) is 8.50. The molecule has 1 amide bonds. The lowest BCUT2D eigenvalue weighted by molar-refractivity contribution is 0.0469. The molecule has 1 heterocycles. The van der Waals surface area contributed by atoms with E-state index < -0.39 is 5.60 Å². The monoisotopic (exact) mass is 252 g/mol. The zero-order chi connectivity index (χ0) is 13.6. The Morgan fingerprint density at radius 3 is 2.94 bits per heavy atom. The van der Waals surface area contributed by atoms with Crippen LogP contribution in [0.1, 0.15) is 37.0 Å². The van der Waals surface area contributed by atoms with E-state index in [1.54, 1.807) is 13.0 Å². The summed E-state index contributed by atoms with van der Waals surface area (Å²) >= 11 is 0. The maximum atomic E-state index is 11.9. The van der Waals surface area contributed by atoms with Crippen molar-refractivity contribution in [2.75, 3.05) is 13.7 Å². The molecule has 100 valence electrons. The van der Waals surface area contributed by atoms with E-state index in [1.165, 1.54) is 19.5 Å². The summed E-state index contributed by atoms with van der Waals surface area (Å²) in [6, 6.07) is 1.59. The van der Waals surface area contributed by atoms with Gasteiger partial charge in [0.2, 0.25) is 0 Å². The van der Waals surface area contributed by atoms with Crippen LogP contribution in [0.3, 0.4) is 0 Å². The quantitative estimate of drug-likeness (QED) is 0.802. The number of ether oxygens (including phenoxy) is 1. The molecule has 0 radical (unpaired) electrons. The van der Waals surface area contributed by atoms with E-state index in [9.17, 15) is 9.90 Å². The van der Waals surface area contributed by atoms with Gasteiger partial charge >= 0.3 is 0 Å². The Morgan fingerprint density at radius 2 is 2.33 bits per heavy atom. The van der Waals surface area contributed by atoms with Crippen LogP contribution in [0.4, 0.5) is 0 Å². The fraction of sp³-hybridized carbons (Fsp3) is 0.538. The summed E-state index contributed by atoms with van der Waals surface area (Å²) < 4.78 is 5.06. The highest BCUT2D eigenvalue weighted by atomic mass is 16.5. The van der Waals surface area contributed by atoms with Gasteiger partial charge in [0, 0.05) is 12.7 Å². The zero-order valence-corrected chi connectivity index (χ0v) is 11.1. The van der Waals surface area contributed by atoms with Crippen LogP contribution in [0.5, 0.6) is 5.75 Å². The smallest absolute Gasteiger partial charge is 0.255 e. The van der Waals surface area contributed by atoms with E-state index in [0.29, 0.717) is 17.7 Å². The van der Waals surface area contributed by atoms with Crippen LogP contribution in [0, 0.1) is 0 Å². The minimum absolute atomic E-state index is 0.213. The SMILES string of the molecule is CCCC(C)(O)CNC(=O)c1ccncc1OC. The second-order valence-electron chi connectivity index (χ2n) is 4.51. The number of nitrogens with one attached hydrogen (secondary N) is 1. The molecule has 5 nitrogen and oxygen atoms in total. The third kappa shape index (κ3) is 4.00. The number of aliphatic hydroxyl groups is 1. The van der Waals surface area contributed by atoms with Crippen LogP contribution in [0.25, 0.3) is 0 Å². The predicted octanol–water partition coefficient (Wildman–Crippen LogP) is 1.37. The summed E-state index contributed by atoms with van der Waals surface area (Å²) in [5.41, 5.74) is -0.468. The third-order valence-electron chi connectivity index (χ3n) is 2.67. The Kier molecular flexibility index (Phi) is 5.09. The molecule has 0 aromatic carbocycles. The van der Waals surface area contributed by atoms with Gasteiger partial charge < -0.3 is 15.2 Å². The molecule has 1 aromatic heterocycles. The molecule has 2 N–H and O–H groups in total. The lowest BCUT2D eigenvalue weighted by atomic mass is 10.0. The normalized spacial score (nSPS) is 13.8. The van der Waals surface area contributed by atoms with Gasteiger partial charge in [0.1, 0.15) is 5.75 Å². The number of nitrogens with zero attached hydrogens (tertiary/aromatic N) is 1. The van der Waals surface area contributed by atoms with Gasteiger partial charge in [-0.2, -0.15) is 0 Å². The van der Waals surface area contributed by atoms with Gasteiger partial charge in [-0.25, -0.2) is 0 Å². The zero-order valence-electron chi connectivity index (χ0n) is 11.1. The highest BCUT2D eigenvalue weighted by molar-refractivity contribution is 5.96.